The zero-order chi connectivity index (χ0) is 14.5. The first-order chi connectivity index (χ1) is 10.3. The molecule has 1 nitrogen and oxygen atoms in total. The lowest BCUT2D eigenvalue weighted by Crippen LogP contribution is -2.24. The van der Waals surface area contributed by atoms with Crippen LogP contribution < -0.4 is 20.8 Å². The van der Waals surface area contributed by atoms with Crippen LogP contribution in [0.15, 0.2) is 91.0 Å². The van der Waals surface area contributed by atoms with Crippen LogP contribution in [-0.2, 0) is 0 Å². The molecule has 3 aromatic carbocycles. The molecule has 0 amide bonds. The molecule has 0 fully saturated rings. The summed E-state index contributed by atoms with van der Waals surface area (Å²) in [6, 6.07) is 29.6. The van der Waals surface area contributed by atoms with Crippen LogP contribution >= 0.6 is 14.6 Å². The van der Waals surface area contributed by atoms with Crippen molar-refractivity contribution in [1.82, 2.24) is 0 Å². The Morgan fingerprint density at radius 3 is 1.38 bits per heavy atom. The highest BCUT2D eigenvalue weighted by atomic mass is 31.8. The monoisotopic (exact) mass is 309 g/mol. The van der Waals surface area contributed by atoms with Crippen molar-refractivity contribution >= 4 is 30.6 Å². The Labute approximate surface area is 127 Å². The second-order valence-corrected chi connectivity index (χ2v) is 9.87. The molecule has 104 valence electrons. The van der Waals surface area contributed by atoms with Crippen molar-refractivity contribution in [2.45, 2.75) is 0 Å². The summed E-state index contributed by atoms with van der Waals surface area (Å²) < 4.78 is 0. The van der Waals surface area contributed by atoms with Crippen molar-refractivity contribution in [3.05, 3.63) is 91.0 Å². The van der Waals surface area contributed by atoms with Crippen LogP contribution in [-0.4, -0.2) is 0 Å². The van der Waals surface area contributed by atoms with Crippen LogP contribution in [0.4, 0.5) is 0 Å². The van der Waals surface area contributed by atoms with E-state index in [9.17, 15) is 4.89 Å². The first-order valence-corrected chi connectivity index (χ1v) is 10.1. The molecule has 0 aromatic heterocycles. The van der Waals surface area contributed by atoms with Gasteiger partial charge in [-0.3, -0.25) is 0 Å². The summed E-state index contributed by atoms with van der Waals surface area (Å²) >= 11 is 0. The zero-order valence-electron chi connectivity index (χ0n) is 11.5. The fourth-order valence-electron chi connectivity index (χ4n) is 2.18. The second-order valence-electron chi connectivity index (χ2n) is 4.68. The Bertz CT molecular complexity index is 709. The molecule has 0 saturated heterocycles. The van der Waals surface area contributed by atoms with E-state index in [0.717, 1.165) is 23.8 Å². The molecule has 0 bridgehead atoms. The average molecular weight is 309 g/mol. The molecule has 0 aliphatic carbocycles. The number of rotatable bonds is 3. The molecule has 0 unspecified atom stereocenters. The topological polar surface area (TPSA) is 23.1 Å². The first kappa shape index (κ1) is 14.3. The molecule has 0 aliphatic rings. The van der Waals surface area contributed by atoms with E-state index in [4.69, 9.17) is 0 Å². The van der Waals surface area contributed by atoms with E-state index in [1.807, 2.05) is 91.0 Å². The first-order valence-electron chi connectivity index (χ1n) is 6.79. The molecule has 0 radical (unpaired) electrons. The molecule has 0 heterocycles. The predicted octanol–water partition coefficient (Wildman–Crippen LogP) is 3.12. The van der Waals surface area contributed by atoms with E-state index >= 15 is 0 Å². The Morgan fingerprint density at radius 2 is 0.952 bits per heavy atom. The van der Waals surface area contributed by atoms with E-state index in [1.165, 1.54) is 0 Å². The smallest absolute Gasteiger partial charge is 0.00106 e. The van der Waals surface area contributed by atoms with Gasteiger partial charge >= 0.3 is 0 Å². The number of hydrogen-bond donors (Lipinski definition) is 0. The van der Waals surface area contributed by atoms with Crippen molar-refractivity contribution in [3.63, 3.8) is 0 Å². The number of hydrogen-bond acceptors (Lipinski definition) is 1. The highest BCUT2D eigenvalue weighted by molar-refractivity contribution is 8.11. The van der Waals surface area contributed by atoms with Gasteiger partial charge < -0.3 is 4.89 Å². The highest BCUT2D eigenvalue weighted by Gasteiger charge is 2.10. The molecule has 3 aromatic rings. The standard InChI is InChI=1S/C18H15OP2/c19-21(17-12-6-2-7-13-17,18-14-8-3-9-15-18)20-16-10-4-1-5-11-16/h1-15H/q-1. The van der Waals surface area contributed by atoms with Gasteiger partial charge in [0.2, 0.25) is 0 Å². The Balaban J connectivity index is 2.24. The molecular formula is C18H15OP2-. The van der Waals surface area contributed by atoms with Gasteiger partial charge in [0.15, 0.2) is 0 Å². The fraction of sp³-hybridized carbons (Fsp3) is 0. The maximum absolute atomic E-state index is 13.8. The van der Waals surface area contributed by atoms with E-state index in [1.54, 1.807) is 0 Å². The lowest BCUT2D eigenvalue weighted by molar-refractivity contribution is -0.154. The van der Waals surface area contributed by atoms with Crippen LogP contribution in [0.2, 0.25) is 0 Å². The van der Waals surface area contributed by atoms with Crippen LogP contribution in [0.25, 0.3) is 0 Å². The maximum Gasteiger partial charge on any atom is 0.00106 e. The van der Waals surface area contributed by atoms with Gasteiger partial charge in [0.05, 0.1) is 0 Å². The summed E-state index contributed by atoms with van der Waals surface area (Å²) in [4.78, 5) is 13.8. The molecule has 3 heteroatoms. The molecular weight excluding hydrogens is 294 g/mol. The minimum Gasteiger partial charge on any atom is -0.819 e. The van der Waals surface area contributed by atoms with Gasteiger partial charge in [0.25, 0.3) is 0 Å². The van der Waals surface area contributed by atoms with Crippen molar-refractivity contribution < 1.29 is 4.89 Å². The van der Waals surface area contributed by atoms with Gasteiger partial charge in [0, 0.05) is 5.30 Å². The number of benzene rings is 3. The summed E-state index contributed by atoms with van der Waals surface area (Å²) in [5, 5.41) is 2.89. The predicted molar refractivity (Wildman–Crippen MR) is 92.1 cm³/mol. The van der Waals surface area contributed by atoms with Crippen molar-refractivity contribution in [3.8, 4) is 0 Å². The zero-order valence-corrected chi connectivity index (χ0v) is 13.3. The van der Waals surface area contributed by atoms with Crippen molar-refractivity contribution in [2.75, 3.05) is 0 Å². The third-order valence-corrected chi connectivity index (χ3v) is 8.96. The van der Waals surface area contributed by atoms with Gasteiger partial charge in [-0.25, -0.2) is 0 Å². The van der Waals surface area contributed by atoms with Gasteiger partial charge in [-0.15, -0.1) is 6.78 Å². The Kier molecular flexibility index (Phi) is 4.36. The van der Waals surface area contributed by atoms with E-state index in [-0.39, 0.29) is 0 Å². The maximum atomic E-state index is 13.8. The Morgan fingerprint density at radius 1 is 0.571 bits per heavy atom. The van der Waals surface area contributed by atoms with Gasteiger partial charge in [-0.2, -0.15) is 0 Å². The molecule has 0 N–H and O–H groups in total. The Hall–Kier alpha value is -1.65. The van der Waals surface area contributed by atoms with Gasteiger partial charge in [-0.1, -0.05) is 98.9 Å². The largest absolute Gasteiger partial charge is 0.819 e. The second kappa shape index (κ2) is 6.41. The molecule has 0 atom stereocenters. The van der Waals surface area contributed by atoms with Crippen LogP contribution in [0.3, 0.4) is 0 Å². The molecule has 21 heavy (non-hydrogen) atoms. The van der Waals surface area contributed by atoms with E-state index in [0.29, 0.717) is 0 Å². The molecule has 0 saturated carbocycles. The molecule has 0 aliphatic heterocycles. The van der Waals surface area contributed by atoms with E-state index < -0.39 is 6.78 Å². The lowest BCUT2D eigenvalue weighted by Gasteiger charge is -2.33. The third-order valence-electron chi connectivity index (χ3n) is 3.22. The summed E-state index contributed by atoms with van der Waals surface area (Å²) in [6.45, 7) is -2.67. The minimum atomic E-state index is -2.67. The minimum absolute atomic E-state index is 0.856. The fourth-order valence-corrected chi connectivity index (χ4v) is 7.36. The van der Waals surface area contributed by atoms with Crippen LogP contribution in [0.5, 0.6) is 0 Å². The summed E-state index contributed by atoms with van der Waals surface area (Å²) in [7, 11) is 0.856. The van der Waals surface area contributed by atoms with Crippen molar-refractivity contribution in [1.29, 1.82) is 0 Å². The van der Waals surface area contributed by atoms with Crippen molar-refractivity contribution in [2.24, 2.45) is 0 Å². The van der Waals surface area contributed by atoms with Gasteiger partial charge in [0.1, 0.15) is 0 Å². The summed E-state index contributed by atoms with van der Waals surface area (Å²) in [6.07, 6.45) is 0. The third kappa shape index (κ3) is 3.17. The quantitative estimate of drug-likeness (QED) is 0.682. The SMILES string of the molecule is [O-]P(=Pc1ccccc1)(c1ccccc1)c1ccccc1. The highest BCUT2D eigenvalue weighted by Crippen LogP contribution is 2.45. The lowest BCUT2D eigenvalue weighted by atomic mass is 10.4. The molecule has 3 rings (SSSR count). The average Bonchev–Trinajstić information content (AvgIpc) is 2.57. The van der Waals surface area contributed by atoms with Crippen LogP contribution in [0, 0.1) is 0 Å². The van der Waals surface area contributed by atoms with Gasteiger partial charge in [-0.05, 0) is 10.6 Å². The summed E-state index contributed by atoms with van der Waals surface area (Å²) in [5.74, 6) is 0. The normalized spacial score (nSPS) is 11.5. The molecule has 0 spiro atoms. The van der Waals surface area contributed by atoms with E-state index in [2.05, 4.69) is 0 Å². The summed E-state index contributed by atoms with van der Waals surface area (Å²) in [5.41, 5.74) is 0. The van der Waals surface area contributed by atoms with Crippen LogP contribution in [0.1, 0.15) is 0 Å².